The smallest absolute Gasteiger partial charge is 0.321 e. The summed E-state index contributed by atoms with van der Waals surface area (Å²) < 4.78 is 0. The fourth-order valence-electron chi connectivity index (χ4n) is 2.19. The maximum atomic E-state index is 12.1. The highest BCUT2D eigenvalue weighted by Crippen LogP contribution is 2.32. The Morgan fingerprint density at radius 3 is 2.75 bits per heavy atom. The normalized spacial score (nSPS) is 16.1. The molecule has 2 amide bonds. The van der Waals surface area contributed by atoms with Gasteiger partial charge in [0.25, 0.3) is 0 Å². The lowest BCUT2D eigenvalue weighted by atomic mass is 10.0. The number of urea groups is 1. The minimum atomic E-state index is -0.396. The number of hydrogen-bond donors (Lipinski definition) is 2. The molecule has 0 heterocycles. The Balaban J connectivity index is 1.91. The molecule has 2 rings (SSSR count). The first-order valence-electron chi connectivity index (χ1n) is 7.27. The molecule has 1 aliphatic rings. The van der Waals surface area contributed by atoms with Crippen LogP contribution in [0.4, 0.5) is 10.5 Å². The van der Waals surface area contributed by atoms with E-state index in [2.05, 4.69) is 25.2 Å². The Kier molecular flexibility index (Phi) is 4.65. The molecule has 0 saturated heterocycles. The third-order valence-electron chi connectivity index (χ3n) is 3.78. The summed E-state index contributed by atoms with van der Waals surface area (Å²) in [5.74, 6) is 0.816. The summed E-state index contributed by atoms with van der Waals surface area (Å²) in [5.41, 5.74) is 2.00. The Morgan fingerprint density at radius 2 is 2.15 bits per heavy atom. The maximum absolute atomic E-state index is 12.1. The van der Waals surface area contributed by atoms with Crippen LogP contribution in [0.2, 0.25) is 0 Å². The number of likely N-dealkylation sites (N-methyl/N-ethyl adjacent to an activating group) is 1. The number of nitrogens with zero attached hydrogens (tertiary/aromatic N) is 1. The van der Waals surface area contributed by atoms with E-state index in [1.807, 2.05) is 18.2 Å². The molecule has 1 aromatic rings. The number of hydrogen-bond acceptors (Lipinski definition) is 2. The highest BCUT2D eigenvalue weighted by atomic mass is 16.3. The molecule has 0 aliphatic heterocycles. The van der Waals surface area contributed by atoms with E-state index in [1.54, 1.807) is 11.9 Å². The summed E-state index contributed by atoms with van der Waals surface area (Å²) >= 11 is 0. The molecule has 110 valence electrons. The van der Waals surface area contributed by atoms with Crippen LogP contribution in [0.25, 0.3) is 0 Å². The van der Waals surface area contributed by atoms with Gasteiger partial charge in [0.1, 0.15) is 0 Å². The van der Waals surface area contributed by atoms with E-state index in [0.29, 0.717) is 18.4 Å². The molecule has 1 atom stereocenters. The fraction of sp³-hybridized carbons (Fsp3) is 0.562. The van der Waals surface area contributed by atoms with Crippen molar-refractivity contribution in [2.24, 2.45) is 5.92 Å². The maximum Gasteiger partial charge on any atom is 0.321 e. The van der Waals surface area contributed by atoms with E-state index in [0.717, 1.165) is 18.5 Å². The van der Waals surface area contributed by atoms with Gasteiger partial charge in [-0.15, -0.1) is 0 Å². The van der Waals surface area contributed by atoms with Crippen molar-refractivity contribution in [3.63, 3.8) is 0 Å². The zero-order chi connectivity index (χ0) is 14.7. The van der Waals surface area contributed by atoms with Crippen LogP contribution in [0, 0.1) is 5.92 Å². The van der Waals surface area contributed by atoms with Crippen LogP contribution in [0.15, 0.2) is 24.3 Å². The number of aliphatic hydroxyl groups is 1. The lowest BCUT2D eigenvalue weighted by Gasteiger charge is -2.21. The molecule has 20 heavy (non-hydrogen) atoms. The average molecular weight is 276 g/mol. The molecular formula is C16H24N2O2. The van der Waals surface area contributed by atoms with Crippen LogP contribution in [-0.2, 0) is 0 Å². The Morgan fingerprint density at radius 1 is 1.45 bits per heavy atom. The highest BCUT2D eigenvalue weighted by Gasteiger charge is 2.31. The Bertz CT molecular complexity index is 469. The van der Waals surface area contributed by atoms with Crippen molar-refractivity contribution in [2.45, 2.75) is 38.7 Å². The van der Waals surface area contributed by atoms with E-state index >= 15 is 0 Å². The number of aliphatic hydroxyl groups excluding tert-OH is 1. The molecule has 4 nitrogen and oxygen atoms in total. The SMILES string of the molecule is CC(C)c1cccc(NC(=O)N(C)CC(O)C2CC2)c1. The monoisotopic (exact) mass is 276 g/mol. The van der Waals surface area contributed by atoms with Gasteiger partial charge in [-0.25, -0.2) is 4.79 Å². The van der Waals surface area contributed by atoms with Crippen LogP contribution >= 0.6 is 0 Å². The quantitative estimate of drug-likeness (QED) is 0.868. The molecule has 0 bridgehead atoms. The van der Waals surface area contributed by atoms with Crippen LogP contribution < -0.4 is 5.32 Å². The number of anilines is 1. The predicted molar refractivity (Wildman–Crippen MR) is 80.9 cm³/mol. The van der Waals surface area contributed by atoms with Gasteiger partial charge in [0.15, 0.2) is 0 Å². The number of benzene rings is 1. The zero-order valence-electron chi connectivity index (χ0n) is 12.5. The van der Waals surface area contributed by atoms with Gasteiger partial charge in [-0.3, -0.25) is 0 Å². The Labute approximate surface area is 120 Å². The molecule has 1 unspecified atom stereocenters. The standard InChI is InChI=1S/C16H24N2O2/c1-11(2)13-5-4-6-14(9-13)17-16(20)18(3)10-15(19)12-7-8-12/h4-6,9,11-12,15,19H,7-8,10H2,1-3H3,(H,17,20). The molecule has 1 fully saturated rings. The average Bonchev–Trinajstić information content (AvgIpc) is 3.23. The van der Waals surface area contributed by atoms with Gasteiger partial charge in [-0.1, -0.05) is 26.0 Å². The lowest BCUT2D eigenvalue weighted by Crippen LogP contribution is -2.38. The first-order valence-corrected chi connectivity index (χ1v) is 7.27. The van der Waals surface area contributed by atoms with Crippen molar-refractivity contribution in [1.82, 2.24) is 4.90 Å². The molecule has 4 heteroatoms. The molecule has 0 aromatic heterocycles. The van der Waals surface area contributed by atoms with Crippen molar-refractivity contribution >= 4 is 11.7 Å². The number of carbonyl (C=O) groups excluding carboxylic acids is 1. The van der Waals surface area contributed by atoms with E-state index < -0.39 is 6.10 Å². The second-order valence-electron chi connectivity index (χ2n) is 6.00. The van der Waals surface area contributed by atoms with Gasteiger partial charge in [-0.05, 0) is 42.4 Å². The van der Waals surface area contributed by atoms with Gasteiger partial charge < -0.3 is 15.3 Å². The van der Waals surface area contributed by atoms with Crippen molar-refractivity contribution in [1.29, 1.82) is 0 Å². The van der Waals surface area contributed by atoms with Crippen LogP contribution in [0.5, 0.6) is 0 Å². The third-order valence-corrected chi connectivity index (χ3v) is 3.78. The third kappa shape index (κ3) is 3.97. The lowest BCUT2D eigenvalue weighted by molar-refractivity contribution is 0.117. The first kappa shape index (κ1) is 14.9. The van der Waals surface area contributed by atoms with Crippen molar-refractivity contribution in [3.8, 4) is 0 Å². The van der Waals surface area contributed by atoms with Crippen LogP contribution in [0.1, 0.15) is 38.2 Å². The molecule has 1 aliphatic carbocycles. The van der Waals surface area contributed by atoms with E-state index in [-0.39, 0.29) is 6.03 Å². The summed E-state index contributed by atoms with van der Waals surface area (Å²) in [6, 6.07) is 7.71. The van der Waals surface area contributed by atoms with Crippen LogP contribution in [-0.4, -0.2) is 35.7 Å². The molecule has 2 N–H and O–H groups in total. The first-order chi connectivity index (χ1) is 9.47. The highest BCUT2D eigenvalue weighted by molar-refractivity contribution is 5.89. The fourth-order valence-corrected chi connectivity index (χ4v) is 2.19. The molecule has 1 aromatic carbocycles. The van der Waals surface area contributed by atoms with Crippen LogP contribution in [0.3, 0.4) is 0 Å². The second-order valence-corrected chi connectivity index (χ2v) is 6.00. The van der Waals surface area contributed by atoms with Crippen molar-refractivity contribution < 1.29 is 9.90 Å². The van der Waals surface area contributed by atoms with Crippen molar-refractivity contribution in [2.75, 3.05) is 18.9 Å². The molecule has 1 saturated carbocycles. The summed E-state index contributed by atoms with van der Waals surface area (Å²) in [5, 5.41) is 12.7. The number of rotatable bonds is 5. The molecule has 0 spiro atoms. The van der Waals surface area contributed by atoms with Crippen molar-refractivity contribution in [3.05, 3.63) is 29.8 Å². The largest absolute Gasteiger partial charge is 0.391 e. The summed E-state index contributed by atoms with van der Waals surface area (Å²) in [6.45, 7) is 4.64. The predicted octanol–water partition coefficient (Wildman–Crippen LogP) is 3.04. The summed E-state index contributed by atoms with van der Waals surface area (Å²) in [7, 11) is 1.72. The van der Waals surface area contributed by atoms with Gasteiger partial charge in [-0.2, -0.15) is 0 Å². The number of nitrogens with one attached hydrogen (secondary N) is 1. The van der Waals surface area contributed by atoms with E-state index in [4.69, 9.17) is 0 Å². The molecular weight excluding hydrogens is 252 g/mol. The van der Waals surface area contributed by atoms with E-state index in [1.165, 1.54) is 5.56 Å². The second kappa shape index (κ2) is 6.27. The topological polar surface area (TPSA) is 52.6 Å². The summed E-state index contributed by atoms with van der Waals surface area (Å²) in [6.07, 6.45) is 1.76. The Hall–Kier alpha value is -1.55. The van der Waals surface area contributed by atoms with Gasteiger partial charge >= 0.3 is 6.03 Å². The summed E-state index contributed by atoms with van der Waals surface area (Å²) in [4.78, 5) is 13.6. The van der Waals surface area contributed by atoms with Gasteiger partial charge in [0.05, 0.1) is 6.10 Å². The zero-order valence-corrected chi connectivity index (χ0v) is 12.5. The van der Waals surface area contributed by atoms with Gasteiger partial charge in [0, 0.05) is 19.3 Å². The number of carbonyl (C=O) groups is 1. The van der Waals surface area contributed by atoms with E-state index in [9.17, 15) is 9.90 Å². The van der Waals surface area contributed by atoms with Gasteiger partial charge in [0.2, 0.25) is 0 Å². The number of amides is 2. The minimum absolute atomic E-state index is 0.175. The minimum Gasteiger partial charge on any atom is -0.391 e. The molecule has 0 radical (unpaired) electrons.